The summed E-state index contributed by atoms with van der Waals surface area (Å²) in [5.74, 6) is 1.59. The summed E-state index contributed by atoms with van der Waals surface area (Å²) in [6, 6.07) is 1.02. The van der Waals surface area contributed by atoms with Crippen LogP contribution < -0.4 is 10.6 Å². The molecule has 3 rings (SSSR count). The van der Waals surface area contributed by atoms with Gasteiger partial charge in [-0.1, -0.05) is 12.8 Å². The Morgan fingerprint density at radius 1 is 0.938 bits per heavy atom. The van der Waals surface area contributed by atoms with Crippen molar-refractivity contribution in [1.29, 1.82) is 0 Å². The molecule has 0 aromatic rings. The fraction of sp³-hybridized carbons (Fsp3) is 0.923. The number of carbonyl (C=O) groups excluding carboxylic acids is 1. The number of urea groups is 1. The zero-order chi connectivity index (χ0) is 11.0. The number of hydrogen-bond donors (Lipinski definition) is 2. The molecule has 0 heterocycles. The Bertz CT molecular complexity index is 253. The molecule has 3 heteroatoms. The molecule has 0 aliphatic heterocycles. The zero-order valence-corrected chi connectivity index (χ0v) is 9.87. The smallest absolute Gasteiger partial charge is 0.315 e. The minimum Gasteiger partial charge on any atom is -0.335 e. The standard InChI is InChI=1S/C13H22N2O/c16-13(14-11-3-1-2-4-11)15-12(9-5-6-9)10-7-8-10/h9-12H,1-8H2,(H2,14,15,16). The van der Waals surface area contributed by atoms with E-state index in [1.54, 1.807) is 0 Å². The van der Waals surface area contributed by atoms with E-state index in [0.717, 1.165) is 11.8 Å². The molecule has 90 valence electrons. The van der Waals surface area contributed by atoms with E-state index < -0.39 is 0 Å². The summed E-state index contributed by atoms with van der Waals surface area (Å²) in [4.78, 5) is 11.9. The molecule has 0 bridgehead atoms. The maximum Gasteiger partial charge on any atom is 0.315 e. The molecule has 0 atom stereocenters. The summed E-state index contributed by atoms with van der Waals surface area (Å²) in [5.41, 5.74) is 0. The van der Waals surface area contributed by atoms with Crippen LogP contribution in [-0.4, -0.2) is 18.1 Å². The summed E-state index contributed by atoms with van der Waals surface area (Å²) < 4.78 is 0. The summed E-state index contributed by atoms with van der Waals surface area (Å²) in [6.45, 7) is 0. The zero-order valence-electron chi connectivity index (χ0n) is 9.87. The van der Waals surface area contributed by atoms with Gasteiger partial charge in [-0.15, -0.1) is 0 Å². The molecular weight excluding hydrogens is 200 g/mol. The number of carbonyl (C=O) groups is 1. The molecule has 3 nitrogen and oxygen atoms in total. The van der Waals surface area contributed by atoms with Crippen molar-refractivity contribution < 1.29 is 4.79 Å². The second-order valence-corrected chi connectivity index (χ2v) is 5.80. The lowest BCUT2D eigenvalue weighted by atomic mass is 10.1. The van der Waals surface area contributed by atoms with Crippen molar-refractivity contribution in [3.8, 4) is 0 Å². The van der Waals surface area contributed by atoms with E-state index in [9.17, 15) is 4.79 Å². The average molecular weight is 222 g/mol. The Kier molecular flexibility index (Phi) is 2.78. The van der Waals surface area contributed by atoms with Gasteiger partial charge in [-0.3, -0.25) is 0 Å². The van der Waals surface area contributed by atoms with Crippen LogP contribution in [0.3, 0.4) is 0 Å². The van der Waals surface area contributed by atoms with Crippen LogP contribution in [0, 0.1) is 11.8 Å². The van der Waals surface area contributed by atoms with Crippen molar-refractivity contribution in [3.05, 3.63) is 0 Å². The van der Waals surface area contributed by atoms with Crippen molar-refractivity contribution >= 4 is 6.03 Å². The summed E-state index contributed by atoms with van der Waals surface area (Å²) in [5, 5.41) is 6.34. The van der Waals surface area contributed by atoms with Gasteiger partial charge in [0.25, 0.3) is 0 Å². The van der Waals surface area contributed by atoms with Crippen LogP contribution >= 0.6 is 0 Å². The Hall–Kier alpha value is -0.730. The molecule has 3 aliphatic carbocycles. The Morgan fingerprint density at radius 3 is 2.00 bits per heavy atom. The van der Waals surface area contributed by atoms with E-state index in [4.69, 9.17) is 0 Å². The van der Waals surface area contributed by atoms with Crippen molar-refractivity contribution in [2.45, 2.75) is 63.5 Å². The fourth-order valence-electron chi connectivity index (χ4n) is 2.98. The van der Waals surface area contributed by atoms with Crippen LogP contribution in [0.25, 0.3) is 0 Å². The third kappa shape index (κ3) is 2.50. The lowest BCUT2D eigenvalue weighted by molar-refractivity contribution is 0.229. The highest BCUT2D eigenvalue weighted by Gasteiger charge is 2.42. The number of nitrogens with one attached hydrogen (secondary N) is 2. The summed E-state index contributed by atoms with van der Waals surface area (Å²) in [6.07, 6.45) is 10.2. The van der Waals surface area contributed by atoms with E-state index in [0.29, 0.717) is 12.1 Å². The van der Waals surface area contributed by atoms with Gasteiger partial charge in [-0.25, -0.2) is 4.79 Å². The fourth-order valence-corrected chi connectivity index (χ4v) is 2.98. The van der Waals surface area contributed by atoms with Gasteiger partial charge in [-0.05, 0) is 50.4 Å². The van der Waals surface area contributed by atoms with Gasteiger partial charge in [-0.2, -0.15) is 0 Å². The Morgan fingerprint density at radius 2 is 1.50 bits per heavy atom. The minimum atomic E-state index is 0.0932. The summed E-state index contributed by atoms with van der Waals surface area (Å²) in [7, 11) is 0. The van der Waals surface area contributed by atoms with Gasteiger partial charge < -0.3 is 10.6 Å². The highest BCUT2D eigenvalue weighted by molar-refractivity contribution is 5.74. The topological polar surface area (TPSA) is 41.1 Å². The highest BCUT2D eigenvalue weighted by atomic mass is 16.2. The van der Waals surface area contributed by atoms with Crippen LogP contribution in [0.4, 0.5) is 4.79 Å². The first-order valence-electron chi connectivity index (χ1n) is 6.90. The predicted octanol–water partition coefficient (Wildman–Crippen LogP) is 2.42. The second-order valence-electron chi connectivity index (χ2n) is 5.80. The molecule has 3 saturated carbocycles. The molecule has 0 unspecified atom stereocenters. The molecule has 2 amide bonds. The average Bonchev–Trinajstić information content (AvgIpc) is 3.17. The van der Waals surface area contributed by atoms with Crippen LogP contribution in [0.2, 0.25) is 0 Å². The molecule has 3 fully saturated rings. The van der Waals surface area contributed by atoms with E-state index in [2.05, 4.69) is 10.6 Å². The third-order valence-corrected chi connectivity index (χ3v) is 4.25. The minimum absolute atomic E-state index is 0.0932. The quantitative estimate of drug-likeness (QED) is 0.753. The first kappa shape index (κ1) is 10.4. The Balaban J connectivity index is 1.46. The van der Waals surface area contributed by atoms with Crippen LogP contribution in [0.1, 0.15) is 51.4 Å². The van der Waals surface area contributed by atoms with Crippen molar-refractivity contribution in [3.63, 3.8) is 0 Å². The van der Waals surface area contributed by atoms with Gasteiger partial charge in [0.05, 0.1) is 0 Å². The predicted molar refractivity (Wildman–Crippen MR) is 63.2 cm³/mol. The van der Waals surface area contributed by atoms with E-state index in [-0.39, 0.29) is 6.03 Å². The largest absolute Gasteiger partial charge is 0.335 e. The molecule has 0 radical (unpaired) electrons. The molecule has 3 aliphatic rings. The molecule has 0 aromatic carbocycles. The maximum absolute atomic E-state index is 11.9. The molecule has 0 spiro atoms. The third-order valence-electron chi connectivity index (χ3n) is 4.25. The molecule has 2 N–H and O–H groups in total. The normalized spacial score (nSPS) is 26.1. The van der Waals surface area contributed by atoms with Crippen LogP contribution in [0.5, 0.6) is 0 Å². The van der Waals surface area contributed by atoms with E-state index in [1.807, 2.05) is 0 Å². The number of amides is 2. The van der Waals surface area contributed by atoms with Gasteiger partial charge in [0.1, 0.15) is 0 Å². The van der Waals surface area contributed by atoms with Crippen molar-refractivity contribution in [2.24, 2.45) is 11.8 Å². The van der Waals surface area contributed by atoms with E-state index >= 15 is 0 Å². The highest BCUT2D eigenvalue weighted by Crippen LogP contribution is 2.44. The summed E-state index contributed by atoms with van der Waals surface area (Å²) >= 11 is 0. The van der Waals surface area contributed by atoms with Gasteiger partial charge in [0.2, 0.25) is 0 Å². The molecular formula is C13H22N2O. The first-order chi connectivity index (χ1) is 7.83. The number of rotatable bonds is 4. The lowest BCUT2D eigenvalue weighted by Gasteiger charge is -2.20. The van der Waals surface area contributed by atoms with Gasteiger partial charge in [0, 0.05) is 12.1 Å². The molecule has 0 saturated heterocycles. The SMILES string of the molecule is O=C(NC1CCCC1)NC(C1CC1)C1CC1. The van der Waals surface area contributed by atoms with Gasteiger partial charge >= 0.3 is 6.03 Å². The monoisotopic (exact) mass is 222 g/mol. The van der Waals surface area contributed by atoms with E-state index in [1.165, 1.54) is 51.4 Å². The first-order valence-corrected chi connectivity index (χ1v) is 6.90. The molecule has 0 aromatic heterocycles. The van der Waals surface area contributed by atoms with Crippen molar-refractivity contribution in [1.82, 2.24) is 10.6 Å². The van der Waals surface area contributed by atoms with Crippen LogP contribution in [-0.2, 0) is 0 Å². The maximum atomic E-state index is 11.9. The Labute approximate surface area is 97.4 Å². The number of hydrogen-bond acceptors (Lipinski definition) is 1. The lowest BCUT2D eigenvalue weighted by Crippen LogP contribution is -2.47. The van der Waals surface area contributed by atoms with Crippen LogP contribution in [0.15, 0.2) is 0 Å². The second kappa shape index (κ2) is 4.27. The molecule has 16 heavy (non-hydrogen) atoms. The van der Waals surface area contributed by atoms with Crippen molar-refractivity contribution in [2.75, 3.05) is 0 Å². The van der Waals surface area contributed by atoms with Gasteiger partial charge in [0.15, 0.2) is 0 Å².